The van der Waals surface area contributed by atoms with Crippen LogP contribution in [0.15, 0.2) is 0 Å². The zero-order chi connectivity index (χ0) is 30.1. The highest BCUT2D eigenvalue weighted by Crippen LogP contribution is 2.18. The number of carboxylic acid groups (broad SMARTS) is 1. The molecule has 0 spiro atoms. The van der Waals surface area contributed by atoms with Gasteiger partial charge in [0.15, 0.2) is 5.78 Å². The molecule has 0 aromatic carbocycles. The Balaban J connectivity index is 5.57. The molecular formula is C25H47N5O9. The predicted octanol–water partition coefficient (Wildman–Crippen LogP) is -2.47. The van der Waals surface area contributed by atoms with Gasteiger partial charge in [0.1, 0.15) is 17.9 Å². The fourth-order valence-corrected chi connectivity index (χ4v) is 3.96. The first kappa shape index (κ1) is 36.5. The lowest BCUT2D eigenvalue weighted by molar-refractivity contribution is -0.144. The Morgan fingerprint density at radius 1 is 0.769 bits per heavy atom. The fourth-order valence-electron chi connectivity index (χ4n) is 3.96. The Hall–Kier alpha value is -2.49. The largest absolute Gasteiger partial charge is 0.480 e. The maximum absolute atomic E-state index is 13.1. The van der Waals surface area contributed by atoms with Crippen LogP contribution in [0.25, 0.3) is 0 Å². The van der Waals surface area contributed by atoms with E-state index in [9.17, 15) is 39.3 Å². The molecule has 39 heavy (non-hydrogen) atoms. The number of nitrogens with two attached hydrogens (primary N) is 3. The maximum Gasteiger partial charge on any atom is 0.328 e. The Bertz CT molecular complexity index is 794. The molecule has 0 rings (SSSR count). The molecule has 0 aliphatic heterocycles. The number of amides is 2. The third-order valence-corrected chi connectivity index (χ3v) is 6.47. The lowest BCUT2D eigenvalue weighted by Gasteiger charge is -2.27. The van der Waals surface area contributed by atoms with E-state index in [0.717, 1.165) is 0 Å². The van der Waals surface area contributed by atoms with Crippen molar-refractivity contribution in [3.8, 4) is 0 Å². The first-order chi connectivity index (χ1) is 18.3. The lowest BCUT2D eigenvalue weighted by Crippen LogP contribution is -2.52. The summed E-state index contributed by atoms with van der Waals surface area (Å²) in [5.41, 5.74) is 16.8. The number of carbonyl (C=O) groups excluding carboxylic acids is 4. The molecule has 0 unspecified atom stereocenters. The smallest absolute Gasteiger partial charge is 0.328 e. The van der Waals surface area contributed by atoms with Crippen LogP contribution in [-0.2, 0) is 24.0 Å². The monoisotopic (exact) mass is 561 g/mol. The van der Waals surface area contributed by atoms with Gasteiger partial charge in [-0.2, -0.15) is 0 Å². The summed E-state index contributed by atoms with van der Waals surface area (Å²) in [7, 11) is 0. The molecule has 226 valence electrons. The first-order valence-electron chi connectivity index (χ1n) is 13.3. The van der Waals surface area contributed by atoms with Gasteiger partial charge in [0.2, 0.25) is 11.8 Å². The van der Waals surface area contributed by atoms with Gasteiger partial charge in [-0.15, -0.1) is 0 Å². The van der Waals surface area contributed by atoms with E-state index in [2.05, 4.69) is 10.6 Å². The second kappa shape index (κ2) is 19.6. The fraction of sp³-hybridized carbons (Fsp3) is 0.800. The standard InChI is InChI=1S/C25H47N5O9/c1-14(32)17(12-20(34)18(28)8-4-6-10-27)24(37)30-22(15(2)33)21(35)11-16(7-3-5-9-26)23(36)29-19(13-31)25(38)39/h14-19,22,31-33H,3-13,26-28H2,1-2H3,(H,29,36)(H,30,37)(H,38,39)/t14-,15-,16-,17+,18+,19+,22+/m1/s1. The number of carbonyl (C=O) groups is 5. The number of hydrogen-bond donors (Lipinski definition) is 9. The molecule has 2 amide bonds. The highest BCUT2D eigenvalue weighted by atomic mass is 16.4. The summed E-state index contributed by atoms with van der Waals surface area (Å²) < 4.78 is 0. The summed E-state index contributed by atoms with van der Waals surface area (Å²) >= 11 is 0. The molecule has 0 saturated carbocycles. The van der Waals surface area contributed by atoms with Crippen molar-refractivity contribution < 1.29 is 44.4 Å². The number of rotatable bonds is 22. The van der Waals surface area contributed by atoms with Gasteiger partial charge in [0.05, 0.1) is 30.8 Å². The van der Waals surface area contributed by atoms with Crippen molar-refractivity contribution in [3.05, 3.63) is 0 Å². The number of aliphatic hydroxyl groups is 3. The Morgan fingerprint density at radius 3 is 1.79 bits per heavy atom. The molecule has 0 aromatic rings. The minimum Gasteiger partial charge on any atom is -0.480 e. The molecule has 0 heterocycles. The zero-order valence-electron chi connectivity index (χ0n) is 22.9. The zero-order valence-corrected chi connectivity index (χ0v) is 22.9. The van der Waals surface area contributed by atoms with Crippen LogP contribution in [0.3, 0.4) is 0 Å². The summed E-state index contributed by atoms with van der Waals surface area (Å²) in [5.74, 6) is -6.49. The Morgan fingerprint density at radius 2 is 1.33 bits per heavy atom. The van der Waals surface area contributed by atoms with Gasteiger partial charge in [-0.1, -0.05) is 12.8 Å². The molecular weight excluding hydrogens is 514 g/mol. The first-order valence-corrected chi connectivity index (χ1v) is 13.3. The molecule has 7 atom stereocenters. The molecule has 0 aliphatic rings. The number of hydrogen-bond acceptors (Lipinski definition) is 11. The normalized spacial score (nSPS) is 16.7. The number of unbranched alkanes of at least 4 members (excludes halogenated alkanes) is 2. The van der Waals surface area contributed by atoms with Crippen LogP contribution in [0.1, 0.15) is 65.2 Å². The molecule has 0 bridgehead atoms. The highest BCUT2D eigenvalue weighted by Gasteiger charge is 2.35. The predicted molar refractivity (Wildman–Crippen MR) is 142 cm³/mol. The van der Waals surface area contributed by atoms with Crippen molar-refractivity contribution in [2.45, 2.75) is 95.5 Å². The van der Waals surface area contributed by atoms with E-state index in [1.54, 1.807) is 0 Å². The molecule has 0 saturated heterocycles. The van der Waals surface area contributed by atoms with Crippen LogP contribution >= 0.6 is 0 Å². The minimum absolute atomic E-state index is 0.167. The quantitative estimate of drug-likeness (QED) is 0.0622. The summed E-state index contributed by atoms with van der Waals surface area (Å²) in [6.07, 6.45) is -0.660. The molecule has 14 nitrogen and oxygen atoms in total. The van der Waals surface area contributed by atoms with Crippen molar-refractivity contribution in [2.75, 3.05) is 19.7 Å². The Kier molecular flexibility index (Phi) is 18.3. The van der Waals surface area contributed by atoms with Crippen LogP contribution in [0.4, 0.5) is 0 Å². The lowest BCUT2D eigenvalue weighted by atomic mass is 9.89. The molecule has 14 heteroatoms. The minimum atomic E-state index is -1.57. The van der Waals surface area contributed by atoms with E-state index in [0.29, 0.717) is 45.2 Å². The van der Waals surface area contributed by atoms with Gasteiger partial charge in [-0.05, 0) is 52.6 Å². The average Bonchev–Trinajstić information content (AvgIpc) is 2.87. The molecule has 0 aliphatic carbocycles. The van der Waals surface area contributed by atoms with Gasteiger partial charge >= 0.3 is 5.97 Å². The van der Waals surface area contributed by atoms with E-state index >= 15 is 0 Å². The van der Waals surface area contributed by atoms with Gasteiger partial charge < -0.3 is 48.3 Å². The number of Topliss-reactive ketones (excluding diaryl/α,β-unsaturated/α-hetero) is 2. The van der Waals surface area contributed by atoms with Crippen molar-refractivity contribution in [2.24, 2.45) is 29.0 Å². The van der Waals surface area contributed by atoms with Crippen molar-refractivity contribution in [3.63, 3.8) is 0 Å². The SMILES string of the molecule is C[C@@H](O)[C@H](CC(=O)[C@@H](N)CCCCN)C(=O)N[C@H](C(=O)C[C@@H](CCCCN)C(=O)N[C@@H](CO)C(=O)O)[C@@H](C)O. The van der Waals surface area contributed by atoms with E-state index in [1.807, 2.05) is 0 Å². The van der Waals surface area contributed by atoms with Crippen LogP contribution in [0, 0.1) is 11.8 Å². The van der Waals surface area contributed by atoms with Crippen molar-refractivity contribution >= 4 is 29.4 Å². The number of aliphatic carboxylic acids is 1. The maximum atomic E-state index is 13.1. The van der Waals surface area contributed by atoms with Crippen LogP contribution in [-0.4, -0.2) is 99.8 Å². The van der Waals surface area contributed by atoms with E-state index in [-0.39, 0.29) is 12.8 Å². The van der Waals surface area contributed by atoms with E-state index < -0.39 is 84.5 Å². The van der Waals surface area contributed by atoms with E-state index in [4.69, 9.17) is 22.3 Å². The molecule has 0 fully saturated rings. The topological polar surface area (TPSA) is 268 Å². The molecule has 0 aromatic heterocycles. The van der Waals surface area contributed by atoms with E-state index in [1.165, 1.54) is 13.8 Å². The van der Waals surface area contributed by atoms with Gasteiger partial charge in [-0.3, -0.25) is 19.2 Å². The second-order valence-corrected chi connectivity index (χ2v) is 9.87. The van der Waals surface area contributed by atoms with Gasteiger partial charge in [-0.25, -0.2) is 4.79 Å². The Labute approximate surface area is 229 Å². The third kappa shape index (κ3) is 13.9. The third-order valence-electron chi connectivity index (χ3n) is 6.47. The second-order valence-electron chi connectivity index (χ2n) is 9.87. The van der Waals surface area contributed by atoms with Crippen LogP contribution in [0.2, 0.25) is 0 Å². The number of ketones is 2. The number of nitrogens with one attached hydrogen (secondary N) is 2. The number of aliphatic hydroxyl groups excluding tert-OH is 3. The average molecular weight is 562 g/mol. The van der Waals surface area contributed by atoms with Gasteiger partial charge in [0, 0.05) is 18.8 Å². The highest BCUT2D eigenvalue weighted by molar-refractivity contribution is 5.95. The van der Waals surface area contributed by atoms with Crippen molar-refractivity contribution in [1.29, 1.82) is 0 Å². The van der Waals surface area contributed by atoms with Crippen LogP contribution < -0.4 is 27.8 Å². The summed E-state index contributed by atoms with van der Waals surface area (Å²) in [4.78, 5) is 62.6. The summed E-state index contributed by atoms with van der Waals surface area (Å²) in [6.45, 7) is 2.50. The summed E-state index contributed by atoms with van der Waals surface area (Å²) in [5, 5.41) is 43.3. The van der Waals surface area contributed by atoms with Crippen molar-refractivity contribution in [1.82, 2.24) is 10.6 Å². The summed E-state index contributed by atoms with van der Waals surface area (Å²) in [6, 6.07) is -3.88. The molecule has 12 N–H and O–H groups in total. The molecule has 0 radical (unpaired) electrons. The van der Waals surface area contributed by atoms with Crippen LogP contribution in [0.5, 0.6) is 0 Å². The number of carboxylic acids is 1. The van der Waals surface area contributed by atoms with Gasteiger partial charge in [0.25, 0.3) is 0 Å².